The van der Waals surface area contributed by atoms with Gasteiger partial charge in [0.15, 0.2) is 5.79 Å². The van der Waals surface area contributed by atoms with Crippen LogP contribution in [0.15, 0.2) is 29.8 Å². The number of aliphatic hydroxyl groups excluding tert-OH is 2. The van der Waals surface area contributed by atoms with Gasteiger partial charge in [0.05, 0.1) is 24.5 Å². The predicted octanol–water partition coefficient (Wildman–Crippen LogP) is 1.94. The Morgan fingerprint density at radius 3 is 2.58 bits per heavy atom. The Bertz CT molecular complexity index is 1020. The number of hydrogen-bond donors (Lipinski definition) is 4. The molecule has 1 aliphatic carbocycles. The topological polar surface area (TPSA) is 142 Å². The molecule has 9 nitrogen and oxygen atoms in total. The van der Waals surface area contributed by atoms with Gasteiger partial charge in [0.1, 0.15) is 22.8 Å². The minimum Gasteiger partial charge on any atom is -0.478 e. The van der Waals surface area contributed by atoms with Gasteiger partial charge in [-0.05, 0) is 49.1 Å². The molecule has 1 aromatic rings. The van der Waals surface area contributed by atoms with E-state index in [1.165, 1.54) is 12.1 Å². The lowest BCUT2D eigenvalue weighted by Crippen LogP contribution is -2.46. The van der Waals surface area contributed by atoms with Gasteiger partial charge in [-0.15, -0.1) is 0 Å². The summed E-state index contributed by atoms with van der Waals surface area (Å²) in [7, 11) is -4.22. The third-order valence-corrected chi connectivity index (χ3v) is 8.02. The number of hydrogen-bond acceptors (Lipinski definition) is 7. The molecule has 0 amide bonds. The van der Waals surface area contributed by atoms with E-state index in [0.29, 0.717) is 24.8 Å². The van der Waals surface area contributed by atoms with Crippen LogP contribution in [0.4, 0.5) is 10.1 Å². The molecule has 3 rings (SSSR count). The van der Waals surface area contributed by atoms with Crippen LogP contribution in [0, 0.1) is 5.82 Å². The summed E-state index contributed by atoms with van der Waals surface area (Å²) in [5.41, 5.74) is -1.00. The van der Waals surface area contributed by atoms with Crippen LogP contribution >= 0.6 is 0 Å². The standard InChI is InChI=1S/C22H30FNO8S/c1-3-5-14-10-15(23)6-7-17(14)24-33(29,30)18-8-9-22(11-16(18)20(27)28)31-19(12-25)21(4-2,13-26)32-22/h6-7,10-11,18-19,24-26H,3-5,8-9,12-13H2,1-2H3,(H,27,28)/t18?,19-,21-,22?/m0/s1. The highest BCUT2D eigenvalue weighted by Gasteiger charge is 2.57. The van der Waals surface area contributed by atoms with E-state index < -0.39 is 63.3 Å². The fourth-order valence-corrected chi connectivity index (χ4v) is 6.06. The number of aliphatic carboxylic acids is 1. The van der Waals surface area contributed by atoms with Crippen molar-refractivity contribution >= 4 is 21.7 Å². The number of carboxylic acid groups (broad SMARTS) is 1. The Morgan fingerprint density at radius 1 is 1.30 bits per heavy atom. The summed E-state index contributed by atoms with van der Waals surface area (Å²) in [5, 5.41) is 28.0. The number of benzene rings is 1. The molecule has 33 heavy (non-hydrogen) atoms. The van der Waals surface area contributed by atoms with Crippen molar-refractivity contribution in [3.05, 3.63) is 41.2 Å². The van der Waals surface area contributed by atoms with E-state index in [9.17, 15) is 32.9 Å². The Hall–Kier alpha value is -2.05. The first-order valence-electron chi connectivity index (χ1n) is 10.9. The lowest BCUT2D eigenvalue weighted by Gasteiger charge is -2.34. The summed E-state index contributed by atoms with van der Waals surface area (Å²) in [4.78, 5) is 12.0. The minimum absolute atomic E-state index is 0.00115. The second-order valence-corrected chi connectivity index (χ2v) is 10.3. The molecule has 2 aliphatic rings. The molecule has 4 N–H and O–H groups in total. The molecule has 4 atom stereocenters. The number of anilines is 1. The Kier molecular flexibility index (Phi) is 7.49. The molecule has 1 heterocycles. The van der Waals surface area contributed by atoms with E-state index in [1.54, 1.807) is 6.92 Å². The van der Waals surface area contributed by atoms with E-state index >= 15 is 0 Å². The molecule has 1 aliphatic heterocycles. The number of carbonyl (C=O) groups is 1. The lowest BCUT2D eigenvalue weighted by atomic mass is 9.93. The highest BCUT2D eigenvalue weighted by atomic mass is 32.2. The quantitative estimate of drug-likeness (QED) is 0.414. The number of carboxylic acids is 1. The maximum absolute atomic E-state index is 13.6. The first-order valence-corrected chi connectivity index (χ1v) is 12.5. The van der Waals surface area contributed by atoms with E-state index in [0.717, 1.165) is 12.1 Å². The van der Waals surface area contributed by atoms with Crippen molar-refractivity contribution < 1.29 is 42.4 Å². The average Bonchev–Trinajstić information content (AvgIpc) is 3.09. The van der Waals surface area contributed by atoms with Gasteiger partial charge in [-0.2, -0.15) is 0 Å². The molecule has 184 valence electrons. The third kappa shape index (κ3) is 4.92. The Labute approximate surface area is 192 Å². The van der Waals surface area contributed by atoms with Crippen molar-refractivity contribution in [1.29, 1.82) is 0 Å². The van der Waals surface area contributed by atoms with Crippen molar-refractivity contribution in [1.82, 2.24) is 0 Å². The van der Waals surface area contributed by atoms with Crippen LogP contribution in [0.25, 0.3) is 0 Å². The fraction of sp³-hybridized carbons (Fsp3) is 0.591. The monoisotopic (exact) mass is 487 g/mol. The lowest BCUT2D eigenvalue weighted by molar-refractivity contribution is -0.171. The van der Waals surface area contributed by atoms with Gasteiger partial charge in [-0.3, -0.25) is 4.72 Å². The van der Waals surface area contributed by atoms with Crippen molar-refractivity contribution in [2.24, 2.45) is 0 Å². The number of aliphatic hydroxyl groups is 2. The molecule has 2 unspecified atom stereocenters. The molecule has 1 fully saturated rings. The fourth-order valence-electron chi connectivity index (χ4n) is 4.48. The van der Waals surface area contributed by atoms with Gasteiger partial charge < -0.3 is 24.8 Å². The SMILES string of the molecule is CCCc1cc(F)ccc1NS(=O)(=O)C1CCC2(C=C1C(=O)O)O[C@@H](CO)[C@](CC)(CO)O2. The molecule has 0 bridgehead atoms. The van der Waals surface area contributed by atoms with Crippen molar-refractivity contribution in [2.75, 3.05) is 17.9 Å². The first-order chi connectivity index (χ1) is 15.5. The number of sulfonamides is 1. The minimum atomic E-state index is -4.22. The number of ether oxygens (including phenoxy) is 2. The van der Waals surface area contributed by atoms with E-state index in [-0.39, 0.29) is 18.5 Å². The van der Waals surface area contributed by atoms with Crippen molar-refractivity contribution in [2.45, 2.75) is 68.7 Å². The van der Waals surface area contributed by atoms with Crippen molar-refractivity contribution in [3.63, 3.8) is 0 Å². The summed E-state index contributed by atoms with van der Waals surface area (Å²) in [5.74, 6) is -3.53. The van der Waals surface area contributed by atoms with E-state index in [4.69, 9.17) is 9.47 Å². The largest absolute Gasteiger partial charge is 0.478 e. The zero-order chi connectivity index (χ0) is 24.4. The molecule has 1 spiro atoms. The molecule has 1 aromatic carbocycles. The number of aryl methyl sites for hydroxylation is 1. The maximum atomic E-state index is 13.6. The first kappa shape index (κ1) is 25.6. The summed E-state index contributed by atoms with van der Waals surface area (Å²) in [6.07, 6.45) is 1.47. The third-order valence-electron chi connectivity index (χ3n) is 6.27. The van der Waals surface area contributed by atoms with Crippen LogP contribution in [-0.4, -0.2) is 65.7 Å². The highest BCUT2D eigenvalue weighted by Crippen LogP contribution is 2.46. The second-order valence-electron chi connectivity index (χ2n) is 8.41. The van der Waals surface area contributed by atoms with Crippen LogP contribution in [0.2, 0.25) is 0 Å². The maximum Gasteiger partial charge on any atom is 0.332 e. The molecular weight excluding hydrogens is 457 g/mol. The van der Waals surface area contributed by atoms with Gasteiger partial charge in [0.25, 0.3) is 0 Å². The van der Waals surface area contributed by atoms with Gasteiger partial charge >= 0.3 is 5.97 Å². The zero-order valence-corrected chi connectivity index (χ0v) is 19.4. The summed E-state index contributed by atoms with van der Waals surface area (Å²) in [6.45, 7) is 2.69. The summed E-state index contributed by atoms with van der Waals surface area (Å²) >= 11 is 0. The second kappa shape index (κ2) is 9.67. The number of rotatable bonds is 9. The smallest absolute Gasteiger partial charge is 0.332 e. The van der Waals surface area contributed by atoms with Crippen LogP contribution in [-0.2, 0) is 30.7 Å². The number of nitrogens with one attached hydrogen (secondary N) is 1. The Balaban J connectivity index is 1.95. The molecule has 0 radical (unpaired) electrons. The molecule has 0 aromatic heterocycles. The number of halogens is 1. The molecule has 11 heteroatoms. The van der Waals surface area contributed by atoms with Crippen LogP contribution < -0.4 is 4.72 Å². The highest BCUT2D eigenvalue weighted by molar-refractivity contribution is 7.93. The average molecular weight is 488 g/mol. The zero-order valence-electron chi connectivity index (χ0n) is 18.6. The predicted molar refractivity (Wildman–Crippen MR) is 118 cm³/mol. The van der Waals surface area contributed by atoms with Crippen LogP contribution in [0.5, 0.6) is 0 Å². The summed E-state index contributed by atoms with van der Waals surface area (Å²) in [6, 6.07) is 3.70. The van der Waals surface area contributed by atoms with Crippen LogP contribution in [0.3, 0.4) is 0 Å². The molecule has 0 saturated carbocycles. The van der Waals surface area contributed by atoms with E-state index in [2.05, 4.69) is 4.72 Å². The normalized spacial score (nSPS) is 29.8. The van der Waals surface area contributed by atoms with Gasteiger partial charge in [-0.1, -0.05) is 20.3 Å². The van der Waals surface area contributed by atoms with E-state index in [1.807, 2.05) is 6.92 Å². The van der Waals surface area contributed by atoms with Gasteiger partial charge in [0, 0.05) is 6.42 Å². The van der Waals surface area contributed by atoms with Gasteiger partial charge in [0.2, 0.25) is 10.0 Å². The molecule has 1 saturated heterocycles. The summed E-state index contributed by atoms with van der Waals surface area (Å²) < 4.78 is 54.3. The van der Waals surface area contributed by atoms with Crippen molar-refractivity contribution in [3.8, 4) is 0 Å². The Morgan fingerprint density at radius 2 is 2.03 bits per heavy atom. The van der Waals surface area contributed by atoms with Crippen LogP contribution in [0.1, 0.15) is 45.1 Å². The molecular formula is C22H30FNO8S. The van der Waals surface area contributed by atoms with Gasteiger partial charge in [-0.25, -0.2) is 17.6 Å².